The van der Waals surface area contributed by atoms with Crippen molar-refractivity contribution in [1.29, 1.82) is 0 Å². The molecule has 2 heterocycles. The number of hydrogen-bond acceptors (Lipinski definition) is 7. The number of aliphatic imine (C=N–C) groups is 1. The molecule has 1 saturated heterocycles. The van der Waals surface area contributed by atoms with Gasteiger partial charge in [0.25, 0.3) is 5.95 Å². The molecule has 0 atom stereocenters. The summed E-state index contributed by atoms with van der Waals surface area (Å²) < 4.78 is 6.16. The summed E-state index contributed by atoms with van der Waals surface area (Å²) in [4.78, 5) is 26.6. The number of nitrogens with zero attached hydrogens (tertiary/aromatic N) is 4. The molecule has 28 heavy (non-hydrogen) atoms. The molecule has 0 saturated carbocycles. The first-order valence-corrected chi connectivity index (χ1v) is 9.88. The summed E-state index contributed by atoms with van der Waals surface area (Å²) in [7, 11) is 0. The zero-order valence-electron chi connectivity index (χ0n) is 16.7. The van der Waals surface area contributed by atoms with Gasteiger partial charge in [-0.25, -0.2) is 9.78 Å². The Kier molecular flexibility index (Phi) is 7.22. The van der Waals surface area contributed by atoms with Gasteiger partial charge >= 0.3 is 6.09 Å². The van der Waals surface area contributed by atoms with Gasteiger partial charge in [0.05, 0.1) is 4.47 Å². The molecule has 0 aromatic carbocycles. The van der Waals surface area contributed by atoms with Gasteiger partial charge in [0.2, 0.25) is 0 Å². The summed E-state index contributed by atoms with van der Waals surface area (Å²) in [5.41, 5.74) is 11.4. The van der Waals surface area contributed by atoms with Gasteiger partial charge in [-0.1, -0.05) is 0 Å². The predicted molar refractivity (Wildman–Crippen MR) is 113 cm³/mol. The lowest BCUT2D eigenvalue weighted by Gasteiger charge is -2.34. The fraction of sp³-hybridized carbons (Fsp3) is 0.556. The lowest BCUT2D eigenvalue weighted by Crippen LogP contribution is -2.44. The van der Waals surface area contributed by atoms with Crippen molar-refractivity contribution in [3.63, 3.8) is 0 Å². The standard InChI is InChI=1S/C18H28BrN7O2/c1-11(20)9-14(21)24-16-22-10-13(19)15(25-16)23-12-5-7-26(8-6-12)17(27)28-18(2,3)4/h9-10,12H,5-8,20H2,1-4H3,(H3,21,22,23,24,25)/b11-9-. The first-order valence-electron chi connectivity index (χ1n) is 9.08. The van der Waals surface area contributed by atoms with Gasteiger partial charge in [-0.2, -0.15) is 9.98 Å². The number of rotatable bonds is 4. The number of amides is 1. The van der Waals surface area contributed by atoms with Crippen molar-refractivity contribution >= 4 is 39.6 Å². The van der Waals surface area contributed by atoms with E-state index >= 15 is 0 Å². The van der Waals surface area contributed by atoms with Gasteiger partial charge in [-0.3, -0.25) is 0 Å². The monoisotopic (exact) mass is 453 g/mol. The van der Waals surface area contributed by atoms with Crippen LogP contribution >= 0.6 is 15.9 Å². The van der Waals surface area contributed by atoms with E-state index in [4.69, 9.17) is 16.2 Å². The van der Waals surface area contributed by atoms with Gasteiger partial charge in [0.15, 0.2) is 0 Å². The molecule has 9 nitrogen and oxygen atoms in total. The third kappa shape index (κ3) is 6.99. The maximum atomic E-state index is 12.2. The Labute approximate surface area is 173 Å². The summed E-state index contributed by atoms with van der Waals surface area (Å²) >= 11 is 3.45. The second-order valence-corrected chi connectivity index (χ2v) is 8.53. The first kappa shape index (κ1) is 21.9. The normalized spacial score (nSPS) is 16.8. The van der Waals surface area contributed by atoms with E-state index in [0.717, 1.165) is 17.3 Å². The Morgan fingerprint density at radius 3 is 2.61 bits per heavy atom. The molecule has 1 amide bonds. The molecule has 0 unspecified atom stereocenters. The largest absolute Gasteiger partial charge is 0.444 e. The molecule has 10 heteroatoms. The number of carbonyl (C=O) groups is 1. The lowest BCUT2D eigenvalue weighted by molar-refractivity contribution is 0.0210. The highest BCUT2D eigenvalue weighted by molar-refractivity contribution is 9.10. The molecule has 1 aromatic heterocycles. The molecular weight excluding hydrogens is 426 g/mol. The Morgan fingerprint density at radius 1 is 1.39 bits per heavy atom. The summed E-state index contributed by atoms with van der Waals surface area (Å²) in [5, 5.41) is 3.38. The maximum Gasteiger partial charge on any atom is 0.410 e. The van der Waals surface area contributed by atoms with Crippen molar-refractivity contribution in [1.82, 2.24) is 14.9 Å². The molecule has 5 N–H and O–H groups in total. The minimum atomic E-state index is -0.492. The molecule has 0 spiro atoms. The van der Waals surface area contributed by atoms with Gasteiger partial charge in [-0.05, 0) is 62.5 Å². The Morgan fingerprint density at radius 2 is 2.04 bits per heavy atom. The van der Waals surface area contributed by atoms with Crippen LogP contribution in [0.25, 0.3) is 0 Å². The van der Waals surface area contributed by atoms with E-state index in [-0.39, 0.29) is 23.9 Å². The average Bonchev–Trinajstić information content (AvgIpc) is 2.56. The van der Waals surface area contributed by atoms with Crippen LogP contribution in [0, 0.1) is 0 Å². The van der Waals surface area contributed by atoms with Gasteiger partial charge < -0.3 is 26.4 Å². The van der Waals surface area contributed by atoms with Crippen LogP contribution in [-0.2, 0) is 4.74 Å². The van der Waals surface area contributed by atoms with E-state index in [9.17, 15) is 4.79 Å². The Hall–Kier alpha value is -2.36. The number of anilines is 1. The van der Waals surface area contributed by atoms with Crippen molar-refractivity contribution in [3.8, 4) is 0 Å². The first-order chi connectivity index (χ1) is 13.0. The number of allylic oxidation sites excluding steroid dienone is 1. The topological polar surface area (TPSA) is 132 Å². The van der Waals surface area contributed by atoms with E-state index in [2.05, 4.69) is 36.2 Å². The lowest BCUT2D eigenvalue weighted by atomic mass is 10.1. The highest BCUT2D eigenvalue weighted by Gasteiger charge is 2.27. The summed E-state index contributed by atoms with van der Waals surface area (Å²) in [6.45, 7) is 8.55. The number of ether oxygens (including phenoxy) is 1. The Balaban J connectivity index is 1.99. The maximum absolute atomic E-state index is 12.2. The fourth-order valence-electron chi connectivity index (χ4n) is 2.62. The predicted octanol–water partition coefficient (Wildman–Crippen LogP) is 2.90. The van der Waals surface area contributed by atoms with Gasteiger partial charge in [0.1, 0.15) is 17.3 Å². The van der Waals surface area contributed by atoms with Crippen LogP contribution < -0.4 is 16.8 Å². The smallest absolute Gasteiger partial charge is 0.410 e. The molecule has 0 radical (unpaired) electrons. The molecule has 154 valence electrons. The van der Waals surface area contributed by atoms with Crippen LogP contribution in [-0.4, -0.2) is 51.5 Å². The number of likely N-dealkylation sites (tertiary alicyclic amines) is 1. The quantitative estimate of drug-likeness (QED) is 0.471. The van der Waals surface area contributed by atoms with Crippen LogP contribution in [0.4, 0.5) is 16.6 Å². The number of amidine groups is 1. The molecule has 0 aliphatic carbocycles. The van der Waals surface area contributed by atoms with Crippen LogP contribution in [0.3, 0.4) is 0 Å². The van der Waals surface area contributed by atoms with Crippen LogP contribution in [0.5, 0.6) is 0 Å². The molecule has 1 aliphatic heterocycles. The number of hydrogen-bond donors (Lipinski definition) is 3. The number of piperidine rings is 1. The number of aromatic nitrogens is 2. The van der Waals surface area contributed by atoms with E-state index in [0.29, 0.717) is 24.6 Å². The molecular formula is C18H28BrN7O2. The van der Waals surface area contributed by atoms with Crippen LogP contribution in [0.15, 0.2) is 27.4 Å². The van der Waals surface area contributed by atoms with E-state index in [1.165, 1.54) is 0 Å². The highest BCUT2D eigenvalue weighted by atomic mass is 79.9. The van der Waals surface area contributed by atoms with Gasteiger partial charge in [-0.15, -0.1) is 0 Å². The fourth-order valence-corrected chi connectivity index (χ4v) is 2.93. The van der Waals surface area contributed by atoms with Crippen LogP contribution in [0.2, 0.25) is 0 Å². The zero-order valence-corrected chi connectivity index (χ0v) is 18.3. The number of nitrogens with two attached hydrogens (primary N) is 2. The Bertz CT molecular complexity index is 762. The third-order valence-electron chi connectivity index (χ3n) is 3.82. The van der Waals surface area contributed by atoms with Crippen LogP contribution in [0.1, 0.15) is 40.5 Å². The molecule has 1 fully saturated rings. The number of halogens is 1. The van der Waals surface area contributed by atoms with E-state index < -0.39 is 5.60 Å². The van der Waals surface area contributed by atoms with E-state index in [1.54, 1.807) is 24.1 Å². The average molecular weight is 454 g/mol. The van der Waals surface area contributed by atoms with Gasteiger partial charge in [0, 0.05) is 31.0 Å². The summed E-state index contributed by atoms with van der Waals surface area (Å²) in [5.74, 6) is 1.11. The summed E-state index contributed by atoms with van der Waals surface area (Å²) in [6.07, 6.45) is 4.46. The second-order valence-electron chi connectivity index (χ2n) is 7.68. The highest BCUT2D eigenvalue weighted by Crippen LogP contribution is 2.25. The minimum Gasteiger partial charge on any atom is -0.444 e. The number of nitrogens with one attached hydrogen (secondary N) is 1. The number of carbonyl (C=O) groups excluding carboxylic acids is 1. The third-order valence-corrected chi connectivity index (χ3v) is 4.40. The summed E-state index contributed by atoms with van der Waals surface area (Å²) in [6, 6.07) is 0.172. The minimum absolute atomic E-state index is 0.172. The van der Waals surface area contributed by atoms with E-state index in [1.807, 2.05) is 20.8 Å². The molecule has 2 rings (SSSR count). The SMILES string of the molecule is C/C(N)=C/C(N)=Nc1ncc(Br)c(NC2CCN(C(=O)OC(C)(C)C)CC2)n1. The molecule has 0 bridgehead atoms. The molecule has 1 aliphatic rings. The molecule has 1 aromatic rings. The zero-order chi connectivity index (χ0) is 20.9. The van der Waals surface area contributed by atoms with Crippen molar-refractivity contribution in [2.24, 2.45) is 16.5 Å². The van der Waals surface area contributed by atoms with Crippen molar-refractivity contribution in [2.45, 2.75) is 52.2 Å². The second kappa shape index (κ2) is 9.22. The van der Waals surface area contributed by atoms with Crippen molar-refractivity contribution in [2.75, 3.05) is 18.4 Å². The van der Waals surface area contributed by atoms with Crippen molar-refractivity contribution in [3.05, 3.63) is 22.4 Å². The van der Waals surface area contributed by atoms with Crippen molar-refractivity contribution < 1.29 is 9.53 Å².